The summed E-state index contributed by atoms with van der Waals surface area (Å²) in [4.78, 5) is 0. The molecule has 0 rings (SSSR count). The Morgan fingerprint density at radius 1 is 0.609 bits per heavy atom. The molecule has 0 radical (unpaired) electrons. The number of rotatable bonds is 15. The third-order valence-corrected chi connectivity index (χ3v) is 5.22. The summed E-state index contributed by atoms with van der Waals surface area (Å²) in [7, 11) is 4.69. The number of aliphatic hydroxyl groups is 1. The minimum Gasteiger partial charge on any atom is -0.382 e. The predicted octanol–water partition coefficient (Wildman–Crippen LogP) is 4.05. The molecule has 1 N–H and O–H groups in total. The van der Waals surface area contributed by atoms with Crippen LogP contribution in [0.5, 0.6) is 0 Å². The molecule has 0 spiro atoms. The minimum absolute atomic E-state index is 0.179. The lowest BCUT2D eigenvalue weighted by atomic mass is 10.1. The number of nitrogens with zero attached hydrogens (tertiary/aromatic N) is 2. The Balaban J connectivity index is 4.70. The van der Waals surface area contributed by atoms with E-state index in [0.29, 0.717) is 0 Å². The number of hydrogen-bond donors (Lipinski definition) is 1. The highest BCUT2D eigenvalue weighted by atomic mass is 16.3. The highest BCUT2D eigenvalue weighted by Gasteiger charge is 2.30. The molecule has 0 saturated carbocycles. The van der Waals surface area contributed by atoms with Crippen LogP contribution in [0.15, 0.2) is 0 Å². The van der Waals surface area contributed by atoms with Crippen molar-refractivity contribution in [2.75, 3.05) is 53.4 Å². The molecule has 0 aromatic rings. The monoisotopic (exact) mass is 330 g/mol. The van der Waals surface area contributed by atoms with E-state index in [1.165, 1.54) is 71.1 Å². The van der Waals surface area contributed by atoms with E-state index in [4.69, 9.17) is 0 Å². The van der Waals surface area contributed by atoms with Crippen molar-refractivity contribution in [1.29, 1.82) is 0 Å². The van der Waals surface area contributed by atoms with Crippen LogP contribution in [0.1, 0.15) is 72.6 Å². The first-order valence-corrected chi connectivity index (χ1v) is 10.2. The van der Waals surface area contributed by atoms with Gasteiger partial charge in [-0.3, -0.25) is 0 Å². The van der Waals surface area contributed by atoms with E-state index in [1.54, 1.807) is 0 Å². The fourth-order valence-electron chi connectivity index (χ4n) is 3.82. The highest BCUT2D eigenvalue weighted by Crippen LogP contribution is 2.14. The van der Waals surface area contributed by atoms with Crippen LogP contribution in [0.4, 0.5) is 0 Å². The summed E-state index contributed by atoms with van der Waals surface area (Å²) in [6.45, 7) is 15.7. The molecule has 140 valence electrons. The molecule has 0 bridgehead atoms. The Bertz CT molecular complexity index is 275. The Labute approximate surface area is 146 Å². The summed E-state index contributed by atoms with van der Waals surface area (Å²) in [6, 6.07) is 0. The van der Waals surface area contributed by atoms with Crippen LogP contribution in [0.2, 0.25) is 0 Å². The maximum absolute atomic E-state index is 10.8. The third kappa shape index (κ3) is 10.4. The van der Waals surface area contributed by atoms with Crippen molar-refractivity contribution in [3.63, 3.8) is 0 Å². The summed E-state index contributed by atoms with van der Waals surface area (Å²) >= 11 is 0. The number of hydrogen-bond acceptors (Lipinski definition) is 1. The molecule has 3 nitrogen and oxygen atoms in total. The van der Waals surface area contributed by atoms with E-state index in [2.05, 4.69) is 41.8 Å². The van der Waals surface area contributed by atoms with Crippen LogP contribution in [-0.2, 0) is 0 Å². The highest BCUT2D eigenvalue weighted by molar-refractivity contribution is 4.57. The fraction of sp³-hybridized carbons (Fsp3) is 1.00. The minimum atomic E-state index is -0.179. The first kappa shape index (κ1) is 22.9. The van der Waals surface area contributed by atoms with Crippen molar-refractivity contribution in [2.45, 2.75) is 78.7 Å². The molecular weight excluding hydrogens is 284 g/mol. The standard InChI is InChI=1S/C20H46N2O/c1-7-11-15-21(5,14-10-4)18-20(23)19-22(6,16-12-8-2)17-13-9-3/h20,23H,7-19H2,1-6H3/q+2. The fourth-order valence-corrected chi connectivity index (χ4v) is 3.82. The van der Waals surface area contributed by atoms with Gasteiger partial charge in [0.2, 0.25) is 0 Å². The van der Waals surface area contributed by atoms with Gasteiger partial charge in [0.1, 0.15) is 13.1 Å². The van der Waals surface area contributed by atoms with Gasteiger partial charge >= 0.3 is 0 Å². The van der Waals surface area contributed by atoms with Crippen molar-refractivity contribution in [2.24, 2.45) is 0 Å². The second-order valence-corrected chi connectivity index (χ2v) is 8.21. The third-order valence-electron chi connectivity index (χ3n) is 5.22. The second-order valence-electron chi connectivity index (χ2n) is 8.21. The average Bonchev–Trinajstić information content (AvgIpc) is 2.49. The van der Waals surface area contributed by atoms with Gasteiger partial charge in [0.05, 0.1) is 40.3 Å². The van der Waals surface area contributed by atoms with E-state index < -0.39 is 0 Å². The molecule has 0 aliphatic rings. The zero-order chi connectivity index (χ0) is 17.8. The van der Waals surface area contributed by atoms with E-state index in [1.807, 2.05) is 0 Å². The normalized spacial score (nSPS) is 16.3. The van der Waals surface area contributed by atoms with Gasteiger partial charge in [-0.05, 0) is 25.7 Å². The Kier molecular flexibility index (Phi) is 12.2. The van der Waals surface area contributed by atoms with Crippen LogP contribution in [-0.4, -0.2) is 73.5 Å². The Hall–Kier alpha value is -0.120. The van der Waals surface area contributed by atoms with Gasteiger partial charge in [-0.2, -0.15) is 0 Å². The van der Waals surface area contributed by atoms with Gasteiger partial charge in [0.15, 0.2) is 6.10 Å². The molecule has 0 fully saturated rings. The van der Waals surface area contributed by atoms with Crippen molar-refractivity contribution >= 4 is 0 Å². The largest absolute Gasteiger partial charge is 0.382 e. The summed E-state index contributed by atoms with van der Waals surface area (Å²) in [5, 5.41) is 10.8. The lowest BCUT2D eigenvalue weighted by Gasteiger charge is -2.40. The number of unbranched alkanes of at least 4 members (excludes halogenated alkanes) is 3. The SMILES string of the molecule is CCCC[N+](C)(CCC)CC(O)C[N+](C)(CCCC)CCCC. The van der Waals surface area contributed by atoms with Crippen molar-refractivity contribution in [3.05, 3.63) is 0 Å². The first-order valence-electron chi connectivity index (χ1n) is 10.2. The van der Waals surface area contributed by atoms with Gasteiger partial charge in [-0.15, -0.1) is 0 Å². The zero-order valence-corrected chi connectivity index (χ0v) is 17.1. The van der Waals surface area contributed by atoms with Crippen LogP contribution in [0.25, 0.3) is 0 Å². The first-order chi connectivity index (χ1) is 10.8. The molecule has 0 amide bonds. The quantitative estimate of drug-likeness (QED) is 0.449. The maximum Gasteiger partial charge on any atom is 0.152 e. The van der Waals surface area contributed by atoms with Gasteiger partial charge in [-0.25, -0.2) is 0 Å². The van der Waals surface area contributed by atoms with E-state index in [0.717, 1.165) is 22.1 Å². The molecule has 3 heteroatoms. The Morgan fingerprint density at radius 3 is 1.26 bits per heavy atom. The van der Waals surface area contributed by atoms with Gasteiger partial charge in [0.25, 0.3) is 0 Å². The van der Waals surface area contributed by atoms with Crippen LogP contribution < -0.4 is 0 Å². The lowest BCUT2D eigenvalue weighted by Crippen LogP contribution is -2.56. The van der Waals surface area contributed by atoms with Gasteiger partial charge < -0.3 is 14.1 Å². The second kappa shape index (κ2) is 12.3. The molecule has 0 heterocycles. The average molecular weight is 331 g/mol. The molecule has 2 unspecified atom stereocenters. The summed E-state index contributed by atoms with van der Waals surface area (Å²) in [5.74, 6) is 0. The Morgan fingerprint density at radius 2 is 0.957 bits per heavy atom. The van der Waals surface area contributed by atoms with E-state index >= 15 is 0 Å². The van der Waals surface area contributed by atoms with E-state index in [-0.39, 0.29) is 6.10 Å². The molecule has 0 saturated heterocycles. The molecule has 23 heavy (non-hydrogen) atoms. The molecule has 0 aliphatic heterocycles. The lowest BCUT2D eigenvalue weighted by molar-refractivity contribution is -0.933. The van der Waals surface area contributed by atoms with Crippen molar-refractivity contribution in [1.82, 2.24) is 0 Å². The van der Waals surface area contributed by atoms with Crippen molar-refractivity contribution < 1.29 is 14.1 Å². The maximum atomic E-state index is 10.8. The smallest absolute Gasteiger partial charge is 0.152 e. The summed E-state index contributed by atoms with van der Waals surface area (Å²) in [5.41, 5.74) is 0. The number of quaternary nitrogens is 2. The van der Waals surface area contributed by atoms with Gasteiger partial charge in [-0.1, -0.05) is 47.0 Å². The predicted molar refractivity (Wildman–Crippen MR) is 103 cm³/mol. The van der Waals surface area contributed by atoms with Gasteiger partial charge in [0, 0.05) is 0 Å². The molecule has 2 atom stereocenters. The summed E-state index contributed by atoms with van der Waals surface area (Å²) < 4.78 is 2.08. The van der Waals surface area contributed by atoms with Crippen LogP contribution >= 0.6 is 0 Å². The number of aliphatic hydroxyl groups excluding tert-OH is 1. The molecular formula is C20H46N2O+2. The topological polar surface area (TPSA) is 20.2 Å². The van der Waals surface area contributed by atoms with Crippen LogP contribution in [0.3, 0.4) is 0 Å². The van der Waals surface area contributed by atoms with Crippen molar-refractivity contribution in [3.8, 4) is 0 Å². The molecule has 0 aromatic carbocycles. The molecule has 0 aliphatic carbocycles. The van der Waals surface area contributed by atoms with E-state index in [9.17, 15) is 5.11 Å². The number of likely N-dealkylation sites (N-methyl/N-ethyl adjacent to an activating group) is 2. The zero-order valence-electron chi connectivity index (χ0n) is 17.1. The van der Waals surface area contributed by atoms with Crippen LogP contribution in [0, 0.1) is 0 Å². The summed E-state index contributed by atoms with van der Waals surface area (Å²) in [6.07, 6.45) is 8.56. The molecule has 0 aromatic heterocycles.